The number of nitrogens with one attached hydrogen (secondary N) is 1. The van der Waals surface area contributed by atoms with E-state index in [4.69, 9.17) is 4.74 Å². The molecular formula is C22H25NO3. The number of rotatable bonds is 6. The van der Waals surface area contributed by atoms with Crippen LogP contribution in [0, 0.1) is 20.8 Å². The van der Waals surface area contributed by atoms with Gasteiger partial charge in [-0.3, -0.25) is 9.59 Å². The van der Waals surface area contributed by atoms with Gasteiger partial charge < -0.3 is 10.1 Å². The molecule has 4 nitrogen and oxygen atoms in total. The van der Waals surface area contributed by atoms with Crippen molar-refractivity contribution in [2.24, 2.45) is 0 Å². The molecule has 2 aromatic carbocycles. The van der Waals surface area contributed by atoms with E-state index in [1.54, 1.807) is 6.07 Å². The molecule has 0 unspecified atom stereocenters. The van der Waals surface area contributed by atoms with Gasteiger partial charge in [0.1, 0.15) is 12.4 Å². The van der Waals surface area contributed by atoms with Crippen molar-refractivity contribution in [1.29, 1.82) is 0 Å². The Morgan fingerprint density at radius 2 is 1.77 bits per heavy atom. The highest BCUT2D eigenvalue weighted by atomic mass is 16.5. The third-order valence-corrected chi connectivity index (χ3v) is 5.07. The first-order chi connectivity index (χ1) is 12.4. The van der Waals surface area contributed by atoms with E-state index in [1.807, 2.05) is 25.1 Å². The van der Waals surface area contributed by atoms with Crippen LogP contribution < -0.4 is 10.1 Å². The first-order valence-corrected chi connectivity index (χ1v) is 9.01. The van der Waals surface area contributed by atoms with Crippen molar-refractivity contribution in [3.63, 3.8) is 0 Å². The van der Waals surface area contributed by atoms with Gasteiger partial charge in [0, 0.05) is 18.2 Å². The van der Waals surface area contributed by atoms with Gasteiger partial charge in [-0.2, -0.15) is 0 Å². The van der Waals surface area contributed by atoms with E-state index in [1.165, 1.54) is 18.2 Å². The summed E-state index contributed by atoms with van der Waals surface area (Å²) in [5.74, 6) is 0.177. The molecule has 1 N–H and O–H groups in total. The molecule has 0 heterocycles. The van der Waals surface area contributed by atoms with Crippen LogP contribution in [0.2, 0.25) is 0 Å². The van der Waals surface area contributed by atoms with Gasteiger partial charge in [0.15, 0.2) is 0 Å². The molecule has 0 spiro atoms. The van der Waals surface area contributed by atoms with Gasteiger partial charge >= 0.3 is 0 Å². The number of amides is 1. The highest BCUT2D eigenvalue weighted by Gasteiger charge is 2.29. The van der Waals surface area contributed by atoms with Crippen molar-refractivity contribution in [3.05, 3.63) is 63.7 Å². The second-order valence-electron chi connectivity index (χ2n) is 7.05. The number of likely N-dealkylation sites (N-methyl/N-ethyl adjacent to an activating group) is 1. The molecule has 1 saturated carbocycles. The van der Waals surface area contributed by atoms with E-state index >= 15 is 0 Å². The van der Waals surface area contributed by atoms with Crippen molar-refractivity contribution in [2.45, 2.75) is 46.1 Å². The van der Waals surface area contributed by atoms with Crippen LogP contribution in [0.1, 0.15) is 56.9 Å². The fourth-order valence-corrected chi connectivity index (χ4v) is 3.23. The van der Waals surface area contributed by atoms with Crippen molar-refractivity contribution < 1.29 is 14.3 Å². The van der Waals surface area contributed by atoms with Crippen molar-refractivity contribution in [2.75, 3.05) is 7.05 Å². The second kappa shape index (κ2) is 7.32. The molecule has 1 fully saturated rings. The zero-order valence-corrected chi connectivity index (χ0v) is 15.8. The number of hydrogen-bond acceptors (Lipinski definition) is 3. The van der Waals surface area contributed by atoms with Gasteiger partial charge in [-0.25, -0.2) is 0 Å². The van der Waals surface area contributed by atoms with Crippen LogP contribution in [-0.4, -0.2) is 18.7 Å². The lowest BCUT2D eigenvalue weighted by Gasteiger charge is -2.16. The Hall–Kier alpha value is -2.62. The predicted molar refractivity (Wildman–Crippen MR) is 102 cm³/mol. The minimum absolute atomic E-state index is 0.286. The van der Waals surface area contributed by atoms with Crippen LogP contribution >= 0.6 is 0 Å². The summed E-state index contributed by atoms with van der Waals surface area (Å²) in [6.45, 7) is 6.44. The third kappa shape index (κ3) is 3.64. The number of ether oxygens (including phenoxy) is 1. The molecule has 4 heteroatoms. The average Bonchev–Trinajstić information content (AvgIpc) is 3.47. The Bertz CT molecular complexity index is 866. The van der Waals surface area contributed by atoms with E-state index < -0.39 is 11.7 Å². The summed E-state index contributed by atoms with van der Waals surface area (Å²) < 4.78 is 6.10. The van der Waals surface area contributed by atoms with Gasteiger partial charge in [-0.05, 0) is 67.9 Å². The van der Waals surface area contributed by atoms with E-state index in [0.29, 0.717) is 11.5 Å². The maximum atomic E-state index is 12.5. The predicted octanol–water partition coefficient (Wildman–Crippen LogP) is 4.00. The summed E-state index contributed by atoms with van der Waals surface area (Å²) in [4.78, 5) is 24.4. The second-order valence-corrected chi connectivity index (χ2v) is 7.05. The number of ketones is 1. The average molecular weight is 351 g/mol. The number of carbonyl (C=O) groups excluding carboxylic acids is 2. The smallest absolute Gasteiger partial charge is 0.292 e. The van der Waals surface area contributed by atoms with Crippen LogP contribution in [-0.2, 0) is 11.4 Å². The fourth-order valence-electron chi connectivity index (χ4n) is 3.23. The number of benzene rings is 2. The van der Waals surface area contributed by atoms with Gasteiger partial charge in [0.25, 0.3) is 11.7 Å². The van der Waals surface area contributed by atoms with Crippen LogP contribution in [0.15, 0.2) is 30.3 Å². The lowest BCUT2D eigenvalue weighted by molar-refractivity contribution is -0.116. The molecule has 136 valence electrons. The van der Waals surface area contributed by atoms with Crippen LogP contribution in [0.3, 0.4) is 0 Å². The van der Waals surface area contributed by atoms with E-state index in [-0.39, 0.29) is 6.61 Å². The largest absolute Gasteiger partial charge is 0.489 e. The van der Waals surface area contributed by atoms with Crippen LogP contribution in [0.4, 0.5) is 0 Å². The summed E-state index contributed by atoms with van der Waals surface area (Å²) >= 11 is 0. The van der Waals surface area contributed by atoms with E-state index in [2.05, 4.69) is 25.2 Å². The molecule has 1 amide bonds. The number of carbonyl (C=O) groups is 2. The van der Waals surface area contributed by atoms with Gasteiger partial charge in [0.05, 0.1) is 0 Å². The maximum Gasteiger partial charge on any atom is 0.292 e. The molecule has 0 bridgehead atoms. The van der Waals surface area contributed by atoms with Gasteiger partial charge in [-0.15, -0.1) is 0 Å². The van der Waals surface area contributed by atoms with Crippen molar-refractivity contribution in [3.8, 4) is 5.75 Å². The van der Waals surface area contributed by atoms with Crippen LogP contribution in [0.5, 0.6) is 5.75 Å². The SMILES string of the molecule is CNC(=O)C(=O)c1cccc(C2CC2)c1COc1cc(C)c(C)cc1C. The molecule has 2 aromatic rings. The molecule has 0 aliphatic heterocycles. The number of aryl methyl sites for hydroxylation is 3. The zero-order chi connectivity index (χ0) is 18.8. The maximum absolute atomic E-state index is 12.5. The van der Waals surface area contributed by atoms with Crippen molar-refractivity contribution in [1.82, 2.24) is 5.32 Å². The monoisotopic (exact) mass is 351 g/mol. The first kappa shape index (κ1) is 18.2. The van der Waals surface area contributed by atoms with E-state index in [0.717, 1.165) is 35.3 Å². The first-order valence-electron chi connectivity index (χ1n) is 9.01. The summed E-state index contributed by atoms with van der Waals surface area (Å²) in [6, 6.07) is 9.76. The Kier molecular flexibility index (Phi) is 5.12. The molecule has 0 aromatic heterocycles. The quantitative estimate of drug-likeness (QED) is 0.632. The Balaban J connectivity index is 1.94. The Morgan fingerprint density at radius 1 is 1.08 bits per heavy atom. The molecule has 0 saturated heterocycles. The summed E-state index contributed by atoms with van der Waals surface area (Å²) in [5, 5.41) is 2.42. The van der Waals surface area contributed by atoms with Crippen molar-refractivity contribution >= 4 is 11.7 Å². The topological polar surface area (TPSA) is 55.4 Å². The number of Topliss-reactive ketones (excluding diaryl/α,β-unsaturated/α-hetero) is 1. The highest BCUT2D eigenvalue weighted by Crippen LogP contribution is 2.42. The van der Waals surface area contributed by atoms with E-state index in [9.17, 15) is 9.59 Å². The standard InChI is InChI=1S/C22H25NO3/c1-13-10-15(3)20(11-14(13)2)26-12-19-17(16-8-9-16)6-5-7-18(19)21(24)22(25)23-4/h5-7,10-11,16H,8-9,12H2,1-4H3,(H,23,25). The zero-order valence-electron chi connectivity index (χ0n) is 15.8. The minimum atomic E-state index is -0.596. The lowest BCUT2D eigenvalue weighted by Crippen LogP contribution is -2.28. The summed E-state index contributed by atoms with van der Waals surface area (Å²) in [5.41, 5.74) is 5.86. The van der Waals surface area contributed by atoms with Crippen LogP contribution in [0.25, 0.3) is 0 Å². The highest BCUT2D eigenvalue weighted by molar-refractivity contribution is 6.43. The molecule has 1 aliphatic carbocycles. The summed E-state index contributed by atoms with van der Waals surface area (Å²) in [7, 11) is 1.47. The molecule has 26 heavy (non-hydrogen) atoms. The number of hydrogen-bond donors (Lipinski definition) is 1. The summed E-state index contributed by atoms with van der Waals surface area (Å²) in [6.07, 6.45) is 2.24. The third-order valence-electron chi connectivity index (χ3n) is 5.07. The Labute approximate surface area is 154 Å². The molecule has 3 rings (SSSR count). The lowest BCUT2D eigenvalue weighted by atomic mass is 9.95. The molecule has 1 aliphatic rings. The fraction of sp³-hybridized carbons (Fsp3) is 0.364. The molecular weight excluding hydrogens is 326 g/mol. The normalized spacial score (nSPS) is 13.4. The molecule has 0 radical (unpaired) electrons. The minimum Gasteiger partial charge on any atom is -0.489 e. The van der Waals surface area contributed by atoms with Gasteiger partial charge in [-0.1, -0.05) is 24.3 Å². The van der Waals surface area contributed by atoms with Gasteiger partial charge in [0.2, 0.25) is 0 Å². The molecule has 0 atom stereocenters. The Morgan fingerprint density at radius 3 is 2.42 bits per heavy atom.